The van der Waals surface area contributed by atoms with Crippen molar-refractivity contribution in [3.63, 3.8) is 0 Å². The third-order valence-electron chi connectivity index (χ3n) is 2.62. The smallest absolute Gasteiger partial charge is 0.271 e. The van der Waals surface area contributed by atoms with Crippen LogP contribution in [-0.2, 0) is 4.84 Å². The van der Waals surface area contributed by atoms with Crippen LogP contribution in [0.2, 0.25) is 5.02 Å². The number of nitrogens with zero attached hydrogens (tertiary/aromatic N) is 2. The number of hydroxylamine groups is 2. The first-order chi connectivity index (χ1) is 8.59. The van der Waals surface area contributed by atoms with Crippen LogP contribution in [0.1, 0.15) is 23.2 Å². The van der Waals surface area contributed by atoms with Crippen LogP contribution in [-0.4, -0.2) is 29.0 Å². The van der Waals surface area contributed by atoms with E-state index in [1.807, 2.05) is 0 Å². The molecule has 1 aliphatic rings. The summed E-state index contributed by atoms with van der Waals surface area (Å²) in [5, 5.41) is 11.9. The van der Waals surface area contributed by atoms with Gasteiger partial charge in [-0.2, -0.15) is 0 Å². The highest BCUT2D eigenvalue weighted by Crippen LogP contribution is 2.24. The Morgan fingerprint density at radius 1 is 1.44 bits per heavy atom. The zero-order valence-corrected chi connectivity index (χ0v) is 10.2. The highest BCUT2D eigenvalue weighted by Gasteiger charge is 2.22. The lowest BCUT2D eigenvalue weighted by Crippen LogP contribution is -2.35. The van der Waals surface area contributed by atoms with Gasteiger partial charge < -0.3 is 0 Å². The Bertz CT molecular complexity index is 486. The summed E-state index contributed by atoms with van der Waals surface area (Å²) in [5.74, 6) is -0.366. The van der Waals surface area contributed by atoms with Crippen LogP contribution in [0.5, 0.6) is 0 Å². The lowest BCUT2D eigenvalue weighted by Gasteiger charge is -2.26. The van der Waals surface area contributed by atoms with Crippen LogP contribution >= 0.6 is 11.6 Å². The van der Waals surface area contributed by atoms with Crippen LogP contribution in [0, 0.1) is 10.1 Å². The molecule has 1 amide bonds. The van der Waals surface area contributed by atoms with Gasteiger partial charge in [0.2, 0.25) is 0 Å². The number of halogens is 1. The van der Waals surface area contributed by atoms with E-state index in [1.54, 1.807) is 0 Å². The molecule has 0 atom stereocenters. The van der Waals surface area contributed by atoms with E-state index in [1.165, 1.54) is 23.3 Å². The molecule has 1 saturated heterocycles. The van der Waals surface area contributed by atoms with E-state index < -0.39 is 4.92 Å². The van der Waals surface area contributed by atoms with Gasteiger partial charge in [0.1, 0.15) is 0 Å². The van der Waals surface area contributed by atoms with Crippen LogP contribution in [0.15, 0.2) is 18.2 Å². The zero-order valence-electron chi connectivity index (χ0n) is 9.47. The second-order valence-corrected chi connectivity index (χ2v) is 4.28. The Morgan fingerprint density at radius 3 is 2.78 bits per heavy atom. The third-order valence-corrected chi connectivity index (χ3v) is 2.94. The average Bonchev–Trinajstić information content (AvgIpc) is 2.38. The predicted octanol–water partition coefficient (Wildman–Crippen LogP) is 2.42. The first kappa shape index (κ1) is 12.8. The Labute approximate surface area is 108 Å². The summed E-state index contributed by atoms with van der Waals surface area (Å²) >= 11 is 5.88. The number of benzene rings is 1. The molecule has 96 valence electrons. The summed E-state index contributed by atoms with van der Waals surface area (Å²) in [4.78, 5) is 27.3. The van der Waals surface area contributed by atoms with E-state index in [2.05, 4.69) is 0 Å². The van der Waals surface area contributed by atoms with E-state index in [0.29, 0.717) is 13.2 Å². The van der Waals surface area contributed by atoms with Crippen LogP contribution in [0.25, 0.3) is 0 Å². The fraction of sp³-hybridized carbons (Fsp3) is 0.364. The second kappa shape index (κ2) is 5.32. The van der Waals surface area contributed by atoms with Crippen molar-refractivity contribution in [2.75, 3.05) is 13.2 Å². The fourth-order valence-corrected chi connectivity index (χ4v) is 1.94. The number of hydrogen-bond acceptors (Lipinski definition) is 4. The van der Waals surface area contributed by atoms with Gasteiger partial charge in [-0.3, -0.25) is 19.7 Å². The lowest BCUT2D eigenvalue weighted by atomic mass is 10.2. The summed E-state index contributed by atoms with van der Waals surface area (Å²) in [6, 6.07) is 3.77. The van der Waals surface area contributed by atoms with Gasteiger partial charge in [-0.05, 0) is 18.9 Å². The molecule has 0 saturated carbocycles. The van der Waals surface area contributed by atoms with Crippen molar-refractivity contribution in [2.24, 2.45) is 0 Å². The summed E-state index contributed by atoms with van der Waals surface area (Å²) in [7, 11) is 0. The molecule has 1 heterocycles. The molecule has 0 radical (unpaired) electrons. The molecule has 6 nitrogen and oxygen atoms in total. The zero-order chi connectivity index (χ0) is 13.1. The highest BCUT2D eigenvalue weighted by molar-refractivity contribution is 6.34. The molecule has 7 heteroatoms. The molecule has 1 aliphatic heterocycles. The van der Waals surface area contributed by atoms with Gasteiger partial charge in [0.05, 0.1) is 22.1 Å². The molecule has 1 aromatic carbocycles. The van der Waals surface area contributed by atoms with Crippen LogP contribution < -0.4 is 0 Å². The van der Waals surface area contributed by atoms with Crippen molar-refractivity contribution in [1.29, 1.82) is 0 Å². The van der Waals surface area contributed by atoms with E-state index in [4.69, 9.17) is 16.4 Å². The molecule has 18 heavy (non-hydrogen) atoms. The number of rotatable bonds is 2. The molecule has 0 aromatic heterocycles. The van der Waals surface area contributed by atoms with Gasteiger partial charge in [-0.15, -0.1) is 0 Å². The molecule has 0 spiro atoms. The first-order valence-corrected chi connectivity index (χ1v) is 5.86. The van der Waals surface area contributed by atoms with Gasteiger partial charge in [-0.25, -0.2) is 5.06 Å². The van der Waals surface area contributed by atoms with E-state index >= 15 is 0 Å². The van der Waals surface area contributed by atoms with Gasteiger partial charge in [0.15, 0.2) is 0 Å². The number of amides is 1. The molecule has 1 fully saturated rings. The number of non-ortho nitro benzene ring substituents is 1. The summed E-state index contributed by atoms with van der Waals surface area (Å²) in [5.41, 5.74) is 0.0697. The Hall–Kier alpha value is -1.66. The van der Waals surface area contributed by atoms with E-state index in [0.717, 1.165) is 12.8 Å². The fourth-order valence-electron chi connectivity index (χ4n) is 1.68. The average molecular weight is 271 g/mol. The number of carbonyl (C=O) groups is 1. The molecule has 1 aromatic rings. The topological polar surface area (TPSA) is 72.7 Å². The highest BCUT2D eigenvalue weighted by atomic mass is 35.5. The Morgan fingerprint density at radius 2 is 2.22 bits per heavy atom. The van der Waals surface area contributed by atoms with Crippen LogP contribution in [0.4, 0.5) is 5.69 Å². The normalized spacial score (nSPS) is 15.5. The molecule has 0 aliphatic carbocycles. The Balaban J connectivity index is 2.22. The number of nitro benzene ring substituents is 1. The minimum atomic E-state index is -0.558. The minimum absolute atomic E-state index is 0.0587. The number of nitro groups is 1. The van der Waals surface area contributed by atoms with Crippen molar-refractivity contribution in [2.45, 2.75) is 12.8 Å². The van der Waals surface area contributed by atoms with Gasteiger partial charge in [0.25, 0.3) is 11.6 Å². The monoisotopic (exact) mass is 270 g/mol. The summed E-state index contributed by atoms with van der Waals surface area (Å²) < 4.78 is 0. The summed E-state index contributed by atoms with van der Waals surface area (Å²) in [6.07, 6.45) is 1.79. The van der Waals surface area contributed by atoms with Gasteiger partial charge in [-0.1, -0.05) is 11.6 Å². The maximum absolute atomic E-state index is 12.0. The third kappa shape index (κ3) is 2.60. The van der Waals surface area contributed by atoms with Gasteiger partial charge >= 0.3 is 0 Å². The van der Waals surface area contributed by atoms with Crippen LogP contribution in [0.3, 0.4) is 0 Å². The minimum Gasteiger partial charge on any atom is -0.271 e. The SMILES string of the molecule is O=C(c1ccc([N+](=O)[O-])cc1Cl)N1CCCCO1. The first-order valence-electron chi connectivity index (χ1n) is 5.48. The van der Waals surface area contributed by atoms with E-state index in [-0.39, 0.29) is 22.2 Å². The van der Waals surface area contributed by atoms with E-state index in [9.17, 15) is 14.9 Å². The molecular weight excluding hydrogens is 260 g/mol. The predicted molar refractivity (Wildman–Crippen MR) is 64.3 cm³/mol. The number of carbonyl (C=O) groups excluding carboxylic acids is 1. The quantitative estimate of drug-likeness (QED) is 0.611. The molecule has 0 N–H and O–H groups in total. The largest absolute Gasteiger partial charge is 0.278 e. The molecule has 2 rings (SSSR count). The van der Waals surface area contributed by atoms with Crippen molar-refractivity contribution < 1.29 is 14.6 Å². The van der Waals surface area contributed by atoms with Gasteiger partial charge in [0, 0.05) is 18.7 Å². The molecule has 0 unspecified atom stereocenters. The number of hydrogen-bond donors (Lipinski definition) is 0. The molecular formula is C11H11ClN2O4. The Kier molecular flexibility index (Phi) is 3.78. The second-order valence-electron chi connectivity index (χ2n) is 3.87. The van der Waals surface area contributed by atoms with Crippen molar-refractivity contribution >= 4 is 23.2 Å². The van der Waals surface area contributed by atoms with Crippen molar-refractivity contribution in [3.8, 4) is 0 Å². The van der Waals surface area contributed by atoms with Crippen molar-refractivity contribution in [3.05, 3.63) is 38.9 Å². The lowest BCUT2D eigenvalue weighted by molar-refractivity contribution is -0.384. The maximum Gasteiger partial charge on any atom is 0.278 e. The standard InChI is InChI=1S/C11H11ClN2O4/c12-10-7-8(14(16)17)3-4-9(10)11(15)13-5-1-2-6-18-13/h3-4,7H,1-2,5-6H2. The van der Waals surface area contributed by atoms with Crippen molar-refractivity contribution in [1.82, 2.24) is 5.06 Å². The maximum atomic E-state index is 12.0. The molecule has 0 bridgehead atoms. The summed E-state index contributed by atoms with van der Waals surface area (Å²) in [6.45, 7) is 1.00.